The Morgan fingerprint density at radius 1 is 1.13 bits per heavy atom. The second kappa shape index (κ2) is 8.43. The van der Waals surface area contributed by atoms with Gasteiger partial charge in [-0.2, -0.15) is 0 Å². The van der Waals surface area contributed by atoms with Gasteiger partial charge in [-0.15, -0.1) is 11.8 Å². The van der Waals surface area contributed by atoms with Crippen LogP contribution < -0.4 is 15.8 Å². The summed E-state index contributed by atoms with van der Waals surface area (Å²) in [7, 11) is 0. The van der Waals surface area contributed by atoms with Crippen molar-refractivity contribution in [2.24, 2.45) is 0 Å². The number of fused-ring (bicyclic) bond motifs is 1. The van der Waals surface area contributed by atoms with E-state index in [0.717, 1.165) is 0 Å². The molecule has 3 aromatic rings. The molecule has 0 bridgehead atoms. The van der Waals surface area contributed by atoms with Crippen LogP contribution in [0, 0.1) is 5.82 Å². The van der Waals surface area contributed by atoms with Gasteiger partial charge in [-0.25, -0.2) is 4.39 Å². The molecular weight excluding hydrogens is 415 g/mol. The number of para-hydroxylation sites is 1. The van der Waals surface area contributed by atoms with Gasteiger partial charge in [0.25, 0.3) is 0 Å². The predicted octanol–water partition coefficient (Wildman–Crippen LogP) is 5.02. The third-order valence-corrected chi connectivity index (χ3v) is 6.60. The van der Waals surface area contributed by atoms with Gasteiger partial charge < -0.3 is 15.8 Å². The number of hydrogen-bond donors (Lipinski definition) is 2. The molecule has 1 aliphatic heterocycles. The van der Waals surface area contributed by atoms with Gasteiger partial charge in [0.2, 0.25) is 5.91 Å². The number of ketones is 1. The zero-order chi connectivity index (χ0) is 22.0. The molecule has 158 valence electrons. The molecule has 7 heteroatoms. The first kappa shape index (κ1) is 20.9. The second-order valence-corrected chi connectivity index (χ2v) is 8.51. The summed E-state index contributed by atoms with van der Waals surface area (Å²) in [4.78, 5) is 27.1. The maximum Gasteiger partial charge on any atom is 0.246 e. The topological polar surface area (TPSA) is 81.4 Å². The minimum Gasteiger partial charge on any atom is -0.494 e. The number of thioether (sulfide) groups is 1. The first-order valence-corrected chi connectivity index (χ1v) is 10.7. The monoisotopic (exact) mass is 436 g/mol. The summed E-state index contributed by atoms with van der Waals surface area (Å²) >= 11 is 1.23. The number of halogens is 1. The average Bonchev–Trinajstić information content (AvgIpc) is 3.02. The summed E-state index contributed by atoms with van der Waals surface area (Å²) in [6, 6.07) is 17.9. The van der Waals surface area contributed by atoms with Crippen LogP contribution in [-0.4, -0.2) is 18.3 Å². The van der Waals surface area contributed by atoms with Gasteiger partial charge in [0, 0.05) is 33.8 Å². The Bertz CT molecular complexity index is 1150. The van der Waals surface area contributed by atoms with Gasteiger partial charge >= 0.3 is 0 Å². The predicted molar refractivity (Wildman–Crippen MR) is 120 cm³/mol. The van der Waals surface area contributed by atoms with E-state index in [0.29, 0.717) is 39.8 Å². The van der Waals surface area contributed by atoms with Gasteiger partial charge in [-0.3, -0.25) is 9.59 Å². The van der Waals surface area contributed by atoms with Gasteiger partial charge in [0.05, 0.1) is 6.61 Å². The molecule has 1 amide bonds. The highest BCUT2D eigenvalue weighted by molar-refractivity contribution is 8.01. The zero-order valence-corrected chi connectivity index (χ0v) is 17.7. The lowest BCUT2D eigenvalue weighted by molar-refractivity contribution is -0.118. The molecule has 5 nitrogen and oxygen atoms in total. The van der Waals surface area contributed by atoms with Crippen molar-refractivity contribution in [3.63, 3.8) is 0 Å². The van der Waals surface area contributed by atoms with Crippen LogP contribution in [-0.2, 0) is 9.54 Å². The lowest BCUT2D eigenvalue weighted by Gasteiger charge is -2.27. The highest BCUT2D eigenvalue weighted by atomic mass is 32.2. The van der Waals surface area contributed by atoms with Crippen molar-refractivity contribution in [2.45, 2.75) is 23.0 Å². The van der Waals surface area contributed by atoms with Gasteiger partial charge in [0.15, 0.2) is 5.78 Å². The quantitative estimate of drug-likeness (QED) is 0.402. The summed E-state index contributed by atoms with van der Waals surface area (Å²) in [5.74, 6) is -0.356. The summed E-state index contributed by atoms with van der Waals surface area (Å²) < 4.78 is 17.7. The van der Waals surface area contributed by atoms with Gasteiger partial charge in [-0.1, -0.05) is 18.2 Å². The van der Waals surface area contributed by atoms with Crippen molar-refractivity contribution >= 4 is 34.8 Å². The SMILES string of the molecule is CCOc1ccc(N)c(SC2(CC(=O)c3ccc(F)cc3)C(=O)Nc3ccccc32)c1. The third-order valence-electron chi connectivity index (χ3n) is 5.13. The van der Waals surface area contributed by atoms with E-state index in [9.17, 15) is 14.0 Å². The Kier molecular flexibility index (Phi) is 5.69. The maximum atomic E-state index is 13.3. The van der Waals surface area contributed by atoms with Crippen LogP contribution in [0.15, 0.2) is 71.6 Å². The van der Waals surface area contributed by atoms with E-state index in [2.05, 4.69) is 5.32 Å². The van der Waals surface area contributed by atoms with E-state index in [1.807, 2.05) is 25.1 Å². The van der Waals surface area contributed by atoms with Crippen LogP contribution >= 0.6 is 11.8 Å². The molecule has 0 spiro atoms. The first-order valence-electron chi connectivity index (χ1n) is 9.84. The molecule has 0 aliphatic carbocycles. The fourth-order valence-corrected chi connectivity index (χ4v) is 4.99. The molecule has 4 rings (SSSR count). The Morgan fingerprint density at radius 2 is 1.87 bits per heavy atom. The number of anilines is 2. The minimum atomic E-state index is -1.22. The molecule has 3 N–H and O–H groups in total. The molecule has 0 radical (unpaired) electrons. The Morgan fingerprint density at radius 3 is 2.61 bits per heavy atom. The first-order chi connectivity index (χ1) is 14.9. The molecule has 1 unspecified atom stereocenters. The van der Waals surface area contributed by atoms with Crippen molar-refractivity contribution in [1.82, 2.24) is 0 Å². The summed E-state index contributed by atoms with van der Waals surface area (Å²) in [5.41, 5.74) is 8.41. The summed E-state index contributed by atoms with van der Waals surface area (Å²) in [5, 5.41) is 2.89. The molecule has 1 aliphatic rings. The fraction of sp³-hybridized carbons (Fsp3) is 0.167. The van der Waals surface area contributed by atoms with Crippen molar-refractivity contribution < 1.29 is 18.7 Å². The summed E-state index contributed by atoms with van der Waals surface area (Å²) in [6.45, 7) is 2.37. The number of rotatable bonds is 7. The van der Waals surface area contributed by atoms with E-state index >= 15 is 0 Å². The maximum absolute atomic E-state index is 13.3. The van der Waals surface area contributed by atoms with Crippen molar-refractivity contribution in [3.05, 3.63) is 83.7 Å². The van der Waals surface area contributed by atoms with E-state index in [-0.39, 0.29) is 18.1 Å². The van der Waals surface area contributed by atoms with E-state index in [4.69, 9.17) is 10.5 Å². The normalized spacial score (nSPS) is 17.2. The number of amides is 1. The van der Waals surface area contributed by atoms with Crippen molar-refractivity contribution in [3.8, 4) is 5.75 Å². The number of Topliss-reactive ketones (excluding diaryl/α,β-unsaturated/α-hetero) is 1. The number of ether oxygens (including phenoxy) is 1. The largest absolute Gasteiger partial charge is 0.494 e. The second-order valence-electron chi connectivity index (χ2n) is 7.17. The van der Waals surface area contributed by atoms with E-state index < -0.39 is 10.6 Å². The standard InChI is InChI=1S/C24H21FN2O3S/c1-2-30-17-11-12-19(26)22(13-17)31-24(14-21(28)15-7-9-16(25)10-8-15)18-5-3-4-6-20(18)27-23(24)29/h3-13H,2,14,26H2,1H3,(H,27,29). The van der Waals surface area contributed by atoms with Crippen LogP contribution in [0.3, 0.4) is 0 Å². The fourth-order valence-electron chi connectivity index (χ4n) is 3.61. The smallest absolute Gasteiger partial charge is 0.246 e. The Labute approximate surface area is 183 Å². The molecular formula is C24H21FN2O3S. The molecule has 3 aromatic carbocycles. The number of benzene rings is 3. The Hall–Kier alpha value is -3.32. The molecule has 0 saturated heterocycles. The number of nitrogens with one attached hydrogen (secondary N) is 1. The molecule has 1 heterocycles. The van der Waals surface area contributed by atoms with Crippen LogP contribution in [0.4, 0.5) is 15.8 Å². The number of nitrogens with two attached hydrogens (primary N) is 1. The Balaban J connectivity index is 1.78. The van der Waals surface area contributed by atoms with Crippen LogP contribution in [0.5, 0.6) is 5.75 Å². The molecule has 0 saturated carbocycles. The van der Waals surface area contributed by atoms with Crippen LogP contribution in [0.1, 0.15) is 29.3 Å². The molecule has 0 fully saturated rings. The number of hydrogen-bond acceptors (Lipinski definition) is 5. The van der Waals surface area contributed by atoms with Gasteiger partial charge in [-0.05, 0) is 55.5 Å². The highest BCUT2D eigenvalue weighted by Gasteiger charge is 2.49. The van der Waals surface area contributed by atoms with Gasteiger partial charge in [0.1, 0.15) is 16.3 Å². The lowest BCUT2D eigenvalue weighted by Crippen LogP contribution is -2.33. The van der Waals surface area contributed by atoms with Crippen LogP contribution in [0.25, 0.3) is 0 Å². The van der Waals surface area contributed by atoms with E-state index in [1.54, 1.807) is 24.3 Å². The average molecular weight is 437 g/mol. The number of carbonyl (C=O) groups is 2. The number of carbonyl (C=O) groups excluding carboxylic acids is 2. The van der Waals surface area contributed by atoms with Crippen molar-refractivity contribution in [1.29, 1.82) is 0 Å². The van der Waals surface area contributed by atoms with Crippen LogP contribution in [0.2, 0.25) is 0 Å². The molecule has 1 atom stereocenters. The lowest BCUT2D eigenvalue weighted by atomic mass is 9.91. The minimum absolute atomic E-state index is 0.107. The molecule has 0 aromatic heterocycles. The third kappa shape index (κ3) is 4.01. The van der Waals surface area contributed by atoms with Crippen molar-refractivity contribution in [2.75, 3.05) is 17.7 Å². The summed E-state index contributed by atoms with van der Waals surface area (Å²) in [6.07, 6.45) is -0.107. The zero-order valence-electron chi connectivity index (χ0n) is 16.9. The number of nitrogen functional groups attached to an aromatic ring is 1. The highest BCUT2D eigenvalue weighted by Crippen LogP contribution is 2.53. The van der Waals surface area contributed by atoms with E-state index in [1.165, 1.54) is 36.0 Å². The molecule has 31 heavy (non-hydrogen) atoms.